The predicted molar refractivity (Wildman–Crippen MR) is 103 cm³/mol. The molecule has 2 aliphatic carbocycles. The second-order valence-electron chi connectivity index (χ2n) is 8.25. The van der Waals surface area contributed by atoms with Crippen molar-refractivity contribution >= 4 is 33.6 Å². The van der Waals surface area contributed by atoms with Gasteiger partial charge in [0.1, 0.15) is 16.3 Å². The second-order valence-corrected chi connectivity index (χ2v) is 9.07. The van der Waals surface area contributed by atoms with E-state index in [4.69, 9.17) is 0 Å². The summed E-state index contributed by atoms with van der Waals surface area (Å²) in [5.74, 6) is -4.36. The zero-order valence-electron chi connectivity index (χ0n) is 15.5. The summed E-state index contributed by atoms with van der Waals surface area (Å²) in [5, 5.41) is 8.84. The normalized spacial score (nSPS) is 32.6. The lowest BCUT2D eigenvalue weighted by atomic mass is 9.98. The molecule has 1 saturated heterocycles. The van der Waals surface area contributed by atoms with Crippen molar-refractivity contribution in [3.63, 3.8) is 0 Å². The van der Waals surface area contributed by atoms with E-state index in [-0.39, 0.29) is 36.2 Å². The van der Waals surface area contributed by atoms with Crippen LogP contribution in [0.2, 0.25) is 0 Å². The highest BCUT2D eigenvalue weighted by atomic mass is 79.9. The van der Waals surface area contributed by atoms with Gasteiger partial charge in [0.25, 0.3) is 5.92 Å². The van der Waals surface area contributed by atoms with Gasteiger partial charge in [-0.15, -0.1) is 0 Å². The third kappa shape index (κ3) is 3.66. The van der Waals surface area contributed by atoms with Crippen molar-refractivity contribution in [2.75, 3.05) is 11.9 Å². The SMILES string of the molecule is Cc1ccc(Br)nc1NC(=O)C1CC2(CNC(=O)C3CCCC3(F)F)CC2N1. The highest BCUT2D eigenvalue weighted by molar-refractivity contribution is 9.10. The van der Waals surface area contributed by atoms with Crippen molar-refractivity contribution in [2.24, 2.45) is 11.3 Å². The van der Waals surface area contributed by atoms with Crippen LogP contribution in [-0.4, -0.2) is 41.3 Å². The van der Waals surface area contributed by atoms with E-state index in [1.807, 2.05) is 13.0 Å². The summed E-state index contributed by atoms with van der Waals surface area (Å²) in [7, 11) is 0. The number of alkyl halides is 2. The van der Waals surface area contributed by atoms with E-state index in [2.05, 4.69) is 36.9 Å². The fraction of sp³-hybridized carbons (Fsp3) is 0.632. The van der Waals surface area contributed by atoms with Crippen LogP contribution in [0.1, 0.15) is 37.7 Å². The molecule has 9 heteroatoms. The van der Waals surface area contributed by atoms with Gasteiger partial charge in [-0.3, -0.25) is 9.59 Å². The van der Waals surface area contributed by atoms with Gasteiger partial charge in [-0.05, 0) is 60.2 Å². The molecule has 4 unspecified atom stereocenters. The van der Waals surface area contributed by atoms with Gasteiger partial charge < -0.3 is 16.0 Å². The number of fused-ring (bicyclic) bond motifs is 1. The Morgan fingerprint density at radius 1 is 1.32 bits per heavy atom. The molecule has 4 rings (SSSR count). The van der Waals surface area contributed by atoms with E-state index in [9.17, 15) is 18.4 Å². The molecule has 4 atom stereocenters. The summed E-state index contributed by atoms with van der Waals surface area (Å²) in [6, 6.07) is 3.41. The Morgan fingerprint density at radius 2 is 2.11 bits per heavy atom. The minimum absolute atomic E-state index is 0.129. The predicted octanol–water partition coefficient (Wildman–Crippen LogP) is 2.76. The number of hydrogen-bond donors (Lipinski definition) is 3. The summed E-state index contributed by atoms with van der Waals surface area (Å²) in [6.07, 6.45) is 1.80. The number of aromatic nitrogens is 1. The number of pyridine rings is 1. The molecule has 3 aliphatic rings. The monoisotopic (exact) mass is 456 g/mol. The number of amides is 2. The zero-order chi connectivity index (χ0) is 20.1. The maximum atomic E-state index is 13.8. The molecule has 6 nitrogen and oxygen atoms in total. The van der Waals surface area contributed by atoms with Crippen LogP contribution in [0, 0.1) is 18.3 Å². The van der Waals surface area contributed by atoms with Gasteiger partial charge in [-0.2, -0.15) is 0 Å². The molecule has 2 heterocycles. The van der Waals surface area contributed by atoms with Crippen molar-refractivity contribution in [1.82, 2.24) is 15.6 Å². The summed E-state index contributed by atoms with van der Waals surface area (Å²) in [5.41, 5.74) is 0.643. The van der Waals surface area contributed by atoms with E-state index < -0.39 is 17.7 Å². The molecule has 1 aromatic rings. The van der Waals surface area contributed by atoms with Crippen LogP contribution < -0.4 is 16.0 Å². The smallest absolute Gasteiger partial charge is 0.259 e. The first kappa shape index (κ1) is 19.7. The first-order valence-corrected chi connectivity index (χ1v) is 10.4. The van der Waals surface area contributed by atoms with Crippen molar-refractivity contribution in [1.29, 1.82) is 0 Å². The summed E-state index contributed by atoms with van der Waals surface area (Å²) in [4.78, 5) is 29.1. The fourth-order valence-electron chi connectivity index (χ4n) is 4.42. The number of carbonyl (C=O) groups is 2. The molecule has 0 spiro atoms. The van der Waals surface area contributed by atoms with Gasteiger partial charge in [0, 0.05) is 24.4 Å². The third-order valence-corrected chi connectivity index (χ3v) is 6.71. The van der Waals surface area contributed by atoms with Gasteiger partial charge in [0.2, 0.25) is 11.8 Å². The molecule has 28 heavy (non-hydrogen) atoms. The molecule has 3 N–H and O–H groups in total. The summed E-state index contributed by atoms with van der Waals surface area (Å²) in [6.45, 7) is 2.19. The largest absolute Gasteiger partial charge is 0.355 e. The molecule has 0 radical (unpaired) electrons. The van der Waals surface area contributed by atoms with Gasteiger partial charge in [0.05, 0.1) is 6.04 Å². The number of aryl methyl sites for hydroxylation is 1. The van der Waals surface area contributed by atoms with Crippen molar-refractivity contribution in [3.8, 4) is 0 Å². The second kappa shape index (κ2) is 7.02. The van der Waals surface area contributed by atoms with Gasteiger partial charge in [0.15, 0.2) is 0 Å². The number of anilines is 1. The third-order valence-electron chi connectivity index (χ3n) is 6.27. The molecule has 1 aromatic heterocycles. The van der Waals surface area contributed by atoms with Crippen LogP contribution in [0.5, 0.6) is 0 Å². The minimum Gasteiger partial charge on any atom is -0.355 e. The standard InChI is InChI=1S/C19H23BrF2N4O2/c1-10-4-5-14(20)25-15(10)26-17(28)12-7-18(8-13(18)24-12)9-23-16(27)11-3-2-6-19(11,21)22/h4-5,11-13,24H,2-3,6-9H2,1H3,(H,23,27)(H,25,26,28). The van der Waals surface area contributed by atoms with E-state index in [1.165, 1.54) is 0 Å². The van der Waals surface area contributed by atoms with E-state index >= 15 is 0 Å². The highest BCUT2D eigenvalue weighted by Crippen LogP contribution is 2.54. The maximum absolute atomic E-state index is 13.8. The Labute approximate surface area is 170 Å². The number of nitrogens with one attached hydrogen (secondary N) is 3. The van der Waals surface area contributed by atoms with E-state index in [1.54, 1.807) is 6.07 Å². The molecule has 2 amide bonds. The van der Waals surface area contributed by atoms with E-state index in [0.29, 0.717) is 29.8 Å². The maximum Gasteiger partial charge on any atom is 0.259 e. The minimum atomic E-state index is -2.91. The van der Waals surface area contributed by atoms with Crippen LogP contribution in [0.4, 0.5) is 14.6 Å². The van der Waals surface area contributed by atoms with Gasteiger partial charge in [-0.25, -0.2) is 13.8 Å². The fourth-order valence-corrected chi connectivity index (χ4v) is 4.73. The number of rotatable bonds is 5. The number of hydrogen-bond acceptors (Lipinski definition) is 4. The molecular weight excluding hydrogens is 434 g/mol. The summed E-state index contributed by atoms with van der Waals surface area (Å²) >= 11 is 3.29. The van der Waals surface area contributed by atoms with Crippen molar-refractivity contribution < 1.29 is 18.4 Å². The van der Waals surface area contributed by atoms with E-state index in [0.717, 1.165) is 12.0 Å². The number of piperidine rings is 1. The molecule has 0 aromatic carbocycles. The molecule has 152 valence electrons. The lowest BCUT2D eigenvalue weighted by Gasteiger charge is -2.21. The van der Waals surface area contributed by atoms with Crippen LogP contribution in [0.3, 0.4) is 0 Å². The van der Waals surface area contributed by atoms with Gasteiger partial charge in [-0.1, -0.05) is 6.07 Å². The Bertz CT molecular complexity index is 821. The average Bonchev–Trinajstić information content (AvgIpc) is 2.98. The van der Waals surface area contributed by atoms with Crippen LogP contribution in [0.15, 0.2) is 16.7 Å². The molecule has 3 fully saturated rings. The lowest BCUT2D eigenvalue weighted by molar-refractivity contribution is -0.136. The van der Waals surface area contributed by atoms with Gasteiger partial charge >= 0.3 is 0 Å². The zero-order valence-corrected chi connectivity index (χ0v) is 17.1. The number of halogens is 3. The van der Waals surface area contributed by atoms with Crippen LogP contribution in [-0.2, 0) is 9.59 Å². The Morgan fingerprint density at radius 3 is 2.82 bits per heavy atom. The summed E-state index contributed by atoms with van der Waals surface area (Å²) < 4.78 is 28.2. The lowest BCUT2D eigenvalue weighted by Crippen LogP contribution is -2.41. The molecule has 1 aliphatic heterocycles. The first-order valence-electron chi connectivity index (χ1n) is 9.56. The Balaban J connectivity index is 1.32. The Kier molecular flexibility index (Phi) is 4.94. The van der Waals surface area contributed by atoms with Crippen molar-refractivity contribution in [3.05, 3.63) is 22.3 Å². The van der Waals surface area contributed by atoms with Crippen molar-refractivity contribution in [2.45, 2.75) is 57.0 Å². The molecular formula is C19H23BrF2N4O2. The highest BCUT2D eigenvalue weighted by Gasteiger charge is 2.61. The van der Waals surface area contributed by atoms with Crippen LogP contribution >= 0.6 is 15.9 Å². The molecule has 0 bridgehead atoms. The number of carbonyl (C=O) groups excluding carboxylic acids is 2. The average molecular weight is 457 g/mol. The number of nitrogens with zero attached hydrogens (tertiary/aromatic N) is 1. The quantitative estimate of drug-likeness (QED) is 0.594. The first-order chi connectivity index (χ1) is 13.2. The Hall–Kier alpha value is -1.61. The van der Waals surface area contributed by atoms with Crippen LogP contribution in [0.25, 0.3) is 0 Å². The molecule has 2 saturated carbocycles. The topological polar surface area (TPSA) is 83.1 Å².